The van der Waals surface area contributed by atoms with Crippen molar-refractivity contribution in [2.45, 2.75) is 37.9 Å². The summed E-state index contributed by atoms with van der Waals surface area (Å²) in [7, 11) is -3.45. The van der Waals surface area contributed by atoms with Gasteiger partial charge in [-0.1, -0.05) is 11.6 Å². The van der Waals surface area contributed by atoms with Crippen LogP contribution in [0.2, 0.25) is 0 Å². The van der Waals surface area contributed by atoms with Crippen molar-refractivity contribution >= 4 is 25.7 Å². The van der Waals surface area contributed by atoms with Gasteiger partial charge in [-0.05, 0) is 26.2 Å². The molecule has 0 bridgehead atoms. The number of hydrogen-bond donors (Lipinski definition) is 1. The zero-order valence-corrected chi connectivity index (χ0v) is 10.2. The van der Waals surface area contributed by atoms with Crippen LogP contribution in [0.3, 0.4) is 0 Å². The Morgan fingerprint density at radius 2 is 2.33 bits per heavy atom. The molecule has 0 unspecified atom stereocenters. The summed E-state index contributed by atoms with van der Waals surface area (Å²) in [5.41, 5.74) is 0.728. The maximum Gasteiger partial charge on any atom is 0.320 e. The Labute approximate surface area is 93.4 Å². The zero-order chi connectivity index (χ0) is 11.3. The highest BCUT2D eigenvalue weighted by molar-refractivity contribution is 8.70. The van der Waals surface area contributed by atoms with Crippen molar-refractivity contribution in [1.82, 2.24) is 0 Å². The summed E-state index contributed by atoms with van der Waals surface area (Å²) in [6, 6.07) is 0. The highest BCUT2D eigenvalue weighted by atomic mass is 33.1. The van der Waals surface area contributed by atoms with Crippen LogP contribution in [-0.4, -0.2) is 30.5 Å². The summed E-state index contributed by atoms with van der Waals surface area (Å²) < 4.78 is 30.2. The molecule has 1 aliphatic rings. The van der Waals surface area contributed by atoms with Crippen molar-refractivity contribution in [1.29, 1.82) is 0 Å². The highest BCUT2D eigenvalue weighted by Gasteiger charge is 2.26. The van der Waals surface area contributed by atoms with Crippen molar-refractivity contribution in [2.24, 2.45) is 5.16 Å². The molecular weight excluding hydrogens is 238 g/mol. The normalized spacial score (nSPS) is 25.5. The summed E-state index contributed by atoms with van der Waals surface area (Å²) >= 11 is 0. The lowest BCUT2D eigenvalue weighted by molar-refractivity contribution is 0.157. The number of hydrogen-bond acceptors (Lipinski definition) is 5. The first-order chi connectivity index (χ1) is 7.03. The molecule has 5 nitrogen and oxygen atoms in total. The molecule has 1 aliphatic carbocycles. The van der Waals surface area contributed by atoms with Crippen LogP contribution in [0.15, 0.2) is 5.16 Å². The maximum atomic E-state index is 10.7. The van der Waals surface area contributed by atoms with E-state index in [4.69, 9.17) is 9.39 Å². The number of oxime groups is 1. The van der Waals surface area contributed by atoms with Gasteiger partial charge in [-0.3, -0.25) is 4.55 Å². The molecule has 0 saturated heterocycles. The van der Waals surface area contributed by atoms with Gasteiger partial charge in [0.25, 0.3) is 0 Å². The van der Waals surface area contributed by atoms with Crippen LogP contribution in [-0.2, 0) is 14.0 Å². The molecule has 0 aromatic rings. The Bertz CT molecular complexity index is 326. The van der Waals surface area contributed by atoms with Gasteiger partial charge in [-0.15, -0.1) is 0 Å². The molecule has 1 rings (SSSR count). The SMILES string of the molecule is CCO/N=C1/CCCC[C@H]1SS(=O)(=O)O. The molecule has 0 aromatic carbocycles. The van der Waals surface area contributed by atoms with Crippen molar-refractivity contribution in [3.05, 3.63) is 0 Å². The van der Waals surface area contributed by atoms with Crippen molar-refractivity contribution in [2.75, 3.05) is 6.61 Å². The van der Waals surface area contributed by atoms with Gasteiger partial charge in [0.2, 0.25) is 0 Å². The molecule has 1 saturated carbocycles. The first-order valence-corrected chi connectivity index (χ1v) is 7.71. The van der Waals surface area contributed by atoms with Crippen LogP contribution >= 0.6 is 10.8 Å². The Balaban J connectivity index is 2.66. The quantitative estimate of drug-likeness (QED) is 0.470. The molecule has 1 fully saturated rings. The standard InChI is InChI=1S/C8H15NO4S2/c1-2-13-9-7-5-3-4-6-8(7)14-15(10,11)12/h8H,2-6H2,1H3,(H,10,11,12)/b9-7-/t8-/m1/s1. The molecule has 0 aromatic heterocycles. The Kier molecular flexibility index (Phi) is 4.88. The molecular formula is C8H15NO4S2. The van der Waals surface area contributed by atoms with Crippen LogP contribution < -0.4 is 0 Å². The molecule has 1 N–H and O–H groups in total. The maximum absolute atomic E-state index is 10.7. The van der Waals surface area contributed by atoms with Crippen LogP contribution in [0, 0.1) is 0 Å². The van der Waals surface area contributed by atoms with Gasteiger partial charge in [0.15, 0.2) is 0 Å². The predicted octanol–water partition coefficient (Wildman–Crippen LogP) is 1.86. The lowest BCUT2D eigenvalue weighted by Gasteiger charge is -2.21. The predicted molar refractivity (Wildman–Crippen MR) is 60.5 cm³/mol. The third-order valence-corrected chi connectivity index (χ3v) is 4.48. The van der Waals surface area contributed by atoms with E-state index in [9.17, 15) is 8.42 Å². The molecule has 1 atom stereocenters. The number of nitrogens with zero attached hydrogens (tertiary/aromatic N) is 1. The minimum absolute atomic E-state index is 0.264. The largest absolute Gasteiger partial charge is 0.396 e. The second-order valence-electron chi connectivity index (χ2n) is 3.26. The number of rotatable bonds is 4. The van der Waals surface area contributed by atoms with Gasteiger partial charge in [0.1, 0.15) is 6.61 Å². The minimum atomic E-state index is -4.00. The zero-order valence-electron chi connectivity index (χ0n) is 8.55. The fraction of sp³-hybridized carbons (Fsp3) is 0.875. The summed E-state index contributed by atoms with van der Waals surface area (Å²) in [6.45, 7) is 2.28. The van der Waals surface area contributed by atoms with Gasteiger partial charge in [-0.2, -0.15) is 8.42 Å². The fourth-order valence-electron chi connectivity index (χ4n) is 1.47. The van der Waals surface area contributed by atoms with Gasteiger partial charge in [0, 0.05) is 10.8 Å². The van der Waals surface area contributed by atoms with Crippen LogP contribution in [0.4, 0.5) is 0 Å². The summed E-state index contributed by atoms with van der Waals surface area (Å²) in [4.78, 5) is 4.92. The average molecular weight is 253 g/mol. The summed E-state index contributed by atoms with van der Waals surface area (Å²) in [5, 5.41) is 3.62. The topological polar surface area (TPSA) is 76.0 Å². The second-order valence-corrected chi connectivity index (χ2v) is 6.72. The van der Waals surface area contributed by atoms with E-state index in [-0.39, 0.29) is 5.25 Å². The summed E-state index contributed by atoms with van der Waals surface area (Å²) in [6.07, 6.45) is 3.41. The highest BCUT2D eigenvalue weighted by Crippen LogP contribution is 2.29. The van der Waals surface area contributed by atoms with Gasteiger partial charge in [0.05, 0.1) is 11.0 Å². The van der Waals surface area contributed by atoms with Crippen LogP contribution in [0.1, 0.15) is 32.6 Å². The lowest BCUT2D eigenvalue weighted by Crippen LogP contribution is -2.23. The third kappa shape index (κ3) is 4.85. The van der Waals surface area contributed by atoms with E-state index in [1.54, 1.807) is 0 Å². The molecule has 0 radical (unpaired) electrons. The second kappa shape index (κ2) is 5.72. The van der Waals surface area contributed by atoms with E-state index in [1.165, 1.54) is 0 Å². The van der Waals surface area contributed by atoms with E-state index in [2.05, 4.69) is 5.16 Å². The van der Waals surface area contributed by atoms with Crippen molar-refractivity contribution in [3.63, 3.8) is 0 Å². The molecule has 0 amide bonds. The Morgan fingerprint density at radius 1 is 1.60 bits per heavy atom. The molecule has 0 spiro atoms. The Hall–Kier alpha value is -0.270. The van der Waals surface area contributed by atoms with Crippen LogP contribution in [0.5, 0.6) is 0 Å². The first kappa shape index (κ1) is 12.8. The average Bonchev–Trinajstić information content (AvgIpc) is 2.14. The van der Waals surface area contributed by atoms with Crippen molar-refractivity contribution in [3.8, 4) is 0 Å². The Morgan fingerprint density at radius 3 is 2.93 bits per heavy atom. The fourth-order valence-corrected chi connectivity index (χ4v) is 3.80. The molecule has 7 heteroatoms. The van der Waals surface area contributed by atoms with E-state index >= 15 is 0 Å². The first-order valence-electron chi connectivity index (χ1n) is 4.87. The molecule has 0 heterocycles. The monoisotopic (exact) mass is 253 g/mol. The third-order valence-electron chi connectivity index (χ3n) is 2.07. The van der Waals surface area contributed by atoms with Crippen molar-refractivity contribution < 1.29 is 17.8 Å². The van der Waals surface area contributed by atoms with E-state index in [1.807, 2.05) is 6.92 Å². The van der Waals surface area contributed by atoms with Crippen LogP contribution in [0.25, 0.3) is 0 Å². The van der Waals surface area contributed by atoms with E-state index in [0.717, 1.165) is 31.4 Å². The smallest absolute Gasteiger partial charge is 0.320 e. The minimum Gasteiger partial charge on any atom is -0.396 e. The summed E-state index contributed by atoms with van der Waals surface area (Å²) in [5.74, 6) is 0. The lowest BCUT2D eigenvalue weighted by atomic mass is 9.98. The molecule has 0 aliphatic heterocycles. The van der Waals surface area contributed by atoms with Gasteiger partial charge >= 0.3 is 9.15 Å². The molecule has 88 valence electrons. The molecule has 15 heavy (non-hydrogen) atoms. The van der Waals surface area contributed by atoms with Gasteiger partial charge in [-0.25, -0.2) is 0 Å². The van der Waals surface area contributed by atoms with E-state index < -0.39 is 9.15 Å². The van der Waals surface area contributed by atoms with E-state index in [0.29, 0.717) is 17.4 Å². The van der Waals surface area contributed by atoms with Gasteiger partial charge < -0.3 is 4.84 Å².